The van der Waals surface area contributed by atoms with Crippen LogP contribution in [-0.4, -0.2) is 23.7 Å². The van der Waals surface area contributed by atoms with Crippen molar-refractivity contribution in [3.05, 3.63) is 22.0 Å². The number of fused-ring (bicyclic) bond motifs is 5. The molecule has 0 radical (unpaired) electrons. The van der Waals surface area contributed by atoms with Crippen molar-refractivity contribution < 1.29 is 14.3 Å². The van der Waals surface area contributed by atoms with E-state index in [1.165, 1.54) is 44.0 Å². The normalized spacial score (nSPS) is 41.5. The first-order valence-corrected chi connectivity index (χ1v) is 13.2. The van der Waals surface area contributed by atoms with E-state index in [2.05, 4.69) is 25.3 Å². The third kappa shape index (κ3) is 3.46. The average molecular weight is 444 g/mol. The fourth-order valence-electron chi connectivity index (χ4n) is 8.01. The Morgan fingerprint density at radius 2 is 2.03 bits per heavy atom. The van der Waals surface area contributed by atoms with Crippen molar-refractivity contribution in [2.24, 2.45) is 28.6 Å². The van der Waals surface area contributed by atoms with Crippen molar-refractivity contribution >= 4 is 17.3 Å². The number of aromatic nitrogens is 1. The minimum absolute atomic E-state index is 0.0857. The highest BCUT2D eigenvalue weighted by atomic mass is 32.1. The van der Waals surface area contributed by atoms with Gasteiger partial charge in [-0.25, -0.2) is 4.98 Å². The van der Waals surface area contributed by atoms with Gasteiger partial charge in [-0.2, -0.15) is 0 Å². The van der Waals surface area contributed by atoms with Gasteiger partial charge < -0.3 is 9.47 Å². The number of nitrogens with zero attached hydrogens (tertiary/aromatic N) is 1. The van der Waals surface area contributed by atoms with Crippen LogP contribution >= 0.6 is 11.3 Å². The zero-order valence-corrected chi connectivity index (χ0v) is 20.3. The van der Waals surface area contributed by atoms with E-state index >= 15 is 0 Å². The Bertz CT molecular complexity index is 878. The molecule has 1 heterocycles. The first-order valence-electron chi connectivity index (χ1n) is 12.3. The molecule has 0 aromatic carbocycles. The number of ether oxygens (including phenoxy) is 2. The molecular weight excluding hydrogens is 406 g/mol. The summed E-state index contributed by atoms with van der Waals surface area (Å²) >= 11 is 1.80. The van der Waals surface area contributed by atoms with Gasteiger partial charge in [-0.05, 0) is 80.5 Å². The molecule has 170 valence electrons. The molecule has 4 nitrogen and oxygen atoms in total. The summed E-state index contributed by atoms with van der Waals surface area (Å²) in [6.45, 7) is 9.33. The van der Waals surface area contributed by atoms with Gasteiger partial charge in [-0.15, -0.1) is 11.3 Å². The van der Waals surface area contributed by atoms with E-state index in [4.69, 9.17) is 14.5 Å². The maximum absolute atomic E-state index is 11.5. The molecular formula is C26H37NO3S. The number of carbonyl (C=O) groups is 1. The molecule has 0 bridgehead atoms. The minimum Gasteiger partial charge on any atom is -0.477 e. The first-order chi connectivity index (χ1) is 14.8. The van der Waals surface area contributed by atoms with Crippen LogP contribution in [0.2, 0.25) is 0 Å². The molecule has 4 aliphatic rings. The number of esters is 1. The zero-order valence-electron chi connectivity index (χ0n) is 19.5. The lowest BCUT2D eigenvalue weighted by molar-refractivity contribution is -0.148. The van der Waals surface area contributed by atoms with Crippen molar-refractivity contribution in [1.29, 1.82) is 0 Å². The molecule has 0 spiro atoms. The van der Waals surface area contributed by atoms with Gasteiger partial charge in [0, 0.05) is 19.3 Å². The SMILES string of the molecule is CCOc1csc(C2CCC3C4CC=C5CC(OC(C)=O)CCC5(C)C4CCC23C)n1. The van der Waals surface area contributed by atoms with E-state index in [0.29, 0.717) is 23.4 Å². The summed E-state index contributed by atoms with van der Waals surface area (Å²) in [6.07, 6.45) is 12.2. The van der Waals surface area contributed by atoms with Crippen LogP contribution in [0.5, 0.6) is 5.88 Å². The van der Waals surface area contributed by atoms with Crippen molar-refractivity contribution in [3.8, 4) is 5.88 Å². The molecule has 4 aliphatic carbocycles. The summed E-state index contributed by atoms with van der Waals surface area (Å²) in [7, 11) is 0. The van der Waals surface area contributed by atoms with E-state index in [1.807, 2.05) is 6.92 Å². The Labute approximate surface area is 190 Å². The molecule has 7 unspecified atom stereocenters. The molecule has 0 saturated heterocycles. The molecule has 3 fully saturated rings. The van der Waals surface area contributed by atoms with Gasteiger partial charge in [0.1, 0.15) is 11.1 Å². The Kier molecular flexibility index (Phi) is 5.47. The van der Waals surface area contributed by atoms with Gasteiger partial charge in [-0.3, -0.25) is 4.79 Å². The van der Waals surface area contributed by atoms with Gasteiger partial charge in [0.05, 0.1) is 12.0 Å². The van der Waals surface area contributed by atoms with Crippen LogP contribution in [0.1, 0.15) is 90.0 Å². The smallest absolute Gasteiger partial charge is 0.302 e. The highest BCUT2D eigenvalue weighted by molar-refractivity contribution is 7.09. The van der Waals surface area contributed by atoms with Crippen molar-refractivity contribution in [3.63, 3.8) is 0 Å². The fraction of sp³-hybridized carbons (Fsp3) is 0.769. The molecule has 31 heavy (non-hydrogen) atoms. The van der Waals surface area contributed by atoms with Gasteiger partial charge >= 0.3 is 5.97 Å². The number of hydrogen-bond acceptors (Lipinski definition) is 5. The van der Waals surface area contributed by atoms with E-state index in [0.717, 1.165) is 42.9 Å². The van der Waals surface area contributed by atoms with Crippen LogP contribution in [-0.2, 0) is 9.53 Å². The topological polar surface area (TPSA) is 48.4 Å². The van der Waals surface area contributed by atoms with Gasteiger partial charge in [-0.1, -0.05) is 25.5 Å². The van der Waals surface area contributed by atoms with Crippen LogP contribution in [0.3, 0.4) is 0 Å². The predicted octanol–water partition coefficient (Wildman–Crippen LogP) is 6.52. The van der Waals surface area contributed by atoms with Crippen LogP contribution < -0.4 is 4.74 Å². The second kappa shape index (κ2) is 7.90. The Morgan fingerprint density at radius 1 is 1.19 bits per heavy atom. The first kappa shape index (κ1) is 21.5. The van der Waals surface area contributed by atoms with Crippen LogP contribution in [0, 0.1) is 28.6 Å². The molecule has 1 aromatic heterocycles. The van der Waals surface area contributed by atoms with E-state index in [-0.39, 0.29) is 12.1 Å². The third-order valence-electron chi connectivity index (χ3n) is 9.48. The van der Waals surface area contributed by atoms with E-state index in [1.54, 1.807) is 16.9 Å². The average Bonchev–Trinajstić information content (AvgIpc) is 3.31. The third-order valence-corrected chi connectivity index (χ3v) is 10.4. The lowest BCUT2D eigenvalue weighted by Gasteiger charge is -2.58. The van der Waals surface area contributed by atoms with Gasteiger partial charge in [0.15, 0.2) is 0 Å². The Hall–Kier alpha value is -1.36. The standard InChI is InChI=1S/C26H37NO3S/c1-5-29-23-15-31-24(27-23)22-9-8-20-19-7-6-17-14-18(30-16(2)28)10-12-25(17,3)21(19)11-13-26(20,22)4/h6,15,18-22H,5,7-14H2,1-4H3. The van der Waals surface area contributed by atoms with Crippen LogP contribution in [0.4, 0.5) is 0 Å². The van der Waals surface area contributed by atoms with Crippen LogP contribution in [0.25, 0.3) is 0 Å². The number of hydrogen-bond donors (Lipinski definition) is 0. The minimum atomic E-state index is -0.136. The summed E-state index contributed by atoms with van der Waals surface area (Å²) in [5.41, 5.74) is 2.23. The summed E-state index contributed by atoms with van der Waals surface area (Å²) in [6, 6.07) is 0. The summed E-state index contributed by atoms with van der Waals surface area (Å²) < 4.78 is 11.3. The number of allylic oxidation sites excluding steroid dienone is 1. The monoisotopic (exact) mass is 443 g/mol. The van der Waals surface area contributed by atoms with Crippen molar-refractivity contribution in [2.45, 2.75) is 91.1 Å². The summed E-state index contributed by atoms with van der Waals surface area (Å²) in [5.74, 6) is 3.60. The van der Waals surface area contributed by atoms with E-state index in [9.17, 15) is 4.79 Å². The molecule has 0 aliphatic heterocycles. The quantitative estimate of drug-likeness (QED) is 0.393. The Morgan fingerprint density at radius 3 is 2.81 bits per heavy atom. The second-order valence-corrected chi connectivity index (χ2v) is 11.8. The van der Waals surface area contributed by atoms with Gasteiger partial charge in [0.2, 0.25) is 5.88 Å². The number of thiazole rings is 1. The van der Waals surface area contributed by atoms with Crippen LogP contribution in [0.15, 0.2) is 17.0 Å². The van der Waals surface area contributed by atoms with Gasteiger partial charge in [0.25, 0.3) is 0 Å². The predicted molar refractivity (Wildman–Crippen MR) is 123 cm³/mol. The lowest BCUT2D eigenvalue weighted by Crippen LogP contribution is -2.50. The largest absolute Gasteiger partial charge is 0.477 e. The maximum atomic E-state index is 11.5. The van der Waals surface area contributed by atoms with Crippen molar-refractivity contribution in [1.82, 2.24) is 4.98 Å². The molecule has 0 amide bonds. The molecule has 5 heteroatoms. The second-order valence-electron chi connectivity index (χ2n) is 10.9. The molecule has 7 atom stereocenters. The summed E-state index contributed by atoms with van der Waals surface area (Å²) in [5, 5.41) is 3.39. The molecule has 5 rings (SSSR count). The van der Waals surface area contributed by atoms with E-state index < -0.39 is 0 Å². The zero-order chi connectivity index (χ0) is 21.8. The maximum Gasteiger partial charge on any atom is 0.302 e. The number of rotatable bonds is 4. The summed E-state index contributed by atoms with van der Waals surface area (Å²) in [4.78, 5) is 16.3. The molecule has 1 aromatic rings. The fourth-order valence-corrected chi connectivity index (χ4v) is 9.05. The Balaban J connectivity index is 1.37. The van der Waals surface area contributed by atoms with Crippen molar-refractivity contribution in [2.75, 3.05) is 6.61 Å². The number of carbonyl (C=O) groups excluding carboxylic acids is 1. The highest BCUT2D eigenvalue weighted by Gasteiger charge is 2.59. The highest BCUT2D eigenvalue weighted by Crippen LogP contribution is 2.68. The molecule has 0 N–H and O–H groups in total. The lowest BCUT2D eigenvalue weighted by atomic mass is 9.47. The molecule has 3 saturated carbocycles.